The van der Waals surface area contributed by atoms with E-state index in [-0.39, 0.29) is 0 Å². The van der Waals surface area contributed by atoms with Crippen molar-refractivity contribution >= 4 is 17.1 Å². The van der Waals surface area contributed by atoms with Crippen molar-refractivity contribution in [3.8, 4) is 11.5 Å². The van der Waals surface area contributed by atoms with Gasteiger partial charge in [-0.3, -0.25) is 0 Å². The van der Waals surface area contributed by atoms with Crippen molar-refractivity contribution in [2.45, 2.75) is 59.1 Å². The molecule has 4 heteroatoms. The van der Waals surface area contributed by atoms with E-state index in [9.17, 15) is 0 Å². The predicted octanol–water partition coefficient (Wildman–Crippen LogP) is 6.63. The number of unbranched alkanes of at least 4 members (excludes halogenated alkanes) is 4. The average Bonchev–Trinajstić information content (AvgIpc) is 3.10. The fraction of sp³-hybridized carbons (Fsp3) is 0.400. The third kappa shape index (κ3) is 5.41. The van der Waals surface area contributed by atoms with Gasteiger partial charge in [-0.1, -0.05) is 63.0 Å². The minimum Gasteiger partial charge on any atom is -0.493 e. The molecule has 0 atom stereocenters. The number of fused-ring (bicyclic) bond motifs is 1. The molecule has 3 aromatic rings. The van der Waals surface area contributed by atoms with Crippen LogP contribution in [0.2, 0.25) is 0 Å². The molecule has 0 radical (unpaired) electrons. The molecule has 4 nitrogen and oxygen atoms in total. The maximum atomic E-state index is 6.13. The zero-order chi connectivity index (χ0) is 20.5. The summed E-state index contributed by atoms with van der Waals surface area (Å²) in [6.07, 6.45) is 10.3. The Morgan fingerprint density at radius 1 is 1.00 bits per heavy atom. The van der Waals surface area contributed by atoms with Crippen LogP contribution >= 0.6 is 0 Å². The van der Waals surface area contributed by atoms with E-state index in [1.54, 1.807) is 7.11 Å². The van der Waals surface area contributed by atoms with Gasteiger partial charge in [0, 0.05) is 6.54 Å². The molecule has 154 valence electrons. The number of para-hydroxylation sites is 2. The van der Waals surface area contributed by atoms with Crippen molar-refractivity contribution in [3.63, 3.8) is 0 Å². The Morgan fingerprint density at radius 3 is 2.62 bits per heavy atom. The number of benzene rings is 2. The molecule has 0 amide bonds. The van der Waals surface area contributed by atoms with Gasteiger partial charge in [0.1, 0.15) is 12.4 Å². The summed E-state index contributed by atoms with van der Waals surface area (Å²) in [5.74, 6) is 2.44. The molecular weight excluding hydrogens is 360 g/mol. The molecule has 0 saturated carbocycles. The smallest absolute Gasteiger partial charge is 0.161 e. The van der Waals surface area contributed by atoms with E-state index in [0.717, 1.165) is 41.4 Å². The maximum Gasteiger partial charge on any atom is 0.161 e. The van der Waals surface area contributed by atoms with Crippen molar-refractivity contribution in [2.24, 2.45) is 0 Å². The number of ether oxygens (including phenoxy) is 2. The summed E-state index contributed by atoms with van der Waals surface area (Å²) in [6.45, 7) is 5.64. The summed E-state index contributed by atoms with van der Waals surface area (Å²) in [5.41, 5.74) is 3.29. The van der Waals surface area contributed by atoms with Gasteiger partial charge in [-0.2, -0.15) is 0 Å². The highest BCUT2D eigenvalue weighted by atomic mass is 16.5. The first-order valence-corrected chi connectivity index (χ1v) is 10.6. The van der Waals surface area contributed by atoms with Crippen molar-refractivity contribution in [3.05, 3.63) is 59.9 Å². The zero-order valence-corrected chi connectivity index (χ0v) is 17.9. The van der Waals surface area contributed by atoms with E-state index >= 15 is 0 Å². The Bertz CT molecular complexity index is 943. The molecule has 0 saturated heterocycles. The number of aryl methyl sites for hydroxylation is 1. The molecule has 2 aromatic carbocycles. The highest BCUT2D eigenvalue weighted by molar-refractivity contribution is 5.75. The van der Waals surface area contributed by atoms with Crippen LogP contribution in [0, 0.1) is 0 Å². The van der Waals surface area contributed by atoms with Crippen molar-refractivity contribution in [2.75, 3.05) is 7.11 Å². The van der Waals surface area contributed by atoms with Crippen LogP contribution in [0.3, 0.4) is 0 Å². The third-order valence-electron chi connectivity index (χ3n) is 5.12. The molecule has 0 N–H and O–H groups in total. The van der Waals surface area contributed by atoms with Crippen molar-refractivity contribution in [1.82, 2.24) is 9.55 Å². The standard InChI is InChI=1S/C25H32N2O2/c1-4-6-7-8-11-17-27-22-14-10-9-13-21(22)26-25(27)19-29-23-16-15-20(12-5-2)18-24(23)28-3/h5,9-10,12-16,18H,4,6-8,11,17,19H2,1-3H3/b12-5-. The summed E-state index contributed by atoms with van der Waals surface area (Å²) in [6, 6.07) is 14.3. The summed E-state index contributed by atoms with van der Waals surface area (Å²) < 4.78 is 14.0. The summed E-state index contributed by atoms with van der Waals surface area (Å²) in [7, 11) is 1.67. The SMILES string of the molecule is C/C=C\c1ccc(OCc2nc3ccccc3n2CCCCCCC)c(OC)c1. The van der Waals surface area contributed by atoms with E-state index < -0.39 is 0 Å². The molecule has 1 aromatic heterocycles. The van der Waals surface area contributed by atoms with Crippen LogP contribution in [0.5, 0.6) is 11.5 Å². The van der Waals surface area contributed by atoms with Gasteiger partial charge in [0.05, 0.1) is 18.1 Å². The van der Waals surface area contributed by atoms with Crippen LogP contribution in [0.1, 0.15) is 57.3 Å². The van der Waals surface area contributed by atoms with Gasteiger partial charge in [0.25, 0.3) is 0 Å². The van der Waals surface area contributed by atoms with Crippen LogP contribution in [-0.2, 0) is 13.2 Å². The molecule has 0 aliphatic heterocycles. The normalized spacial score (nSPS) is 11.4. The fourth-order valence-electron chi connectivity index (χ4n) is 3.60. The quantitative estimate of drug-likeness (QED) is 0.344. The lowest BCUT2D eigenvalue weighted by atomic mass is 10.1. The number of methoxy groups -OCH3 is 1. The first-order chi connectivity index (χ1) is 14.3. The van der Waals surface area contributed by atoms with E-state index in [1.165, 1.54) is 31.2 Å². The molecule has 0 spiro atoms. The molecule has 0 aliphatic rings. The van der Waals surface area contributed by atoms with E-state index in [0.29, 0.717) is 6.61 Å². The molecule has 1 heterocycles. The summed E-state index contributed by atoms with van der Waals surface area (Å²) >= 11 is 0. The van der Waals surface area contributed by atoms with Crippen LogP contribution < -0.4 is 9.47 Å². The van der Waals surface area contributed by atoms with Gasteiger partial charge in [-0.25, -0.2) is 4.98 Å². The lowest BCUT2D eigenvalue weighted by Crippen LogP contribution is -2.08. The zero-order valence-electron chi connectivity index (χ0n) is 17.9. The predicted molar refractivity (Wildman–Crippen MR) is 121 cm³/mol. The average molecular weight is 393 g/mol. The Hall–Kier alpha value is -2.75. The summed E-state index contributed by atoms with van der Waals surface area (Å²) in [5, 5.41) is 0. The Balaban J connectivity index is 1.76. The van der Waals surface area contributed by atoms with Crippen molar-refractivity contribution < 1.29 is 9.47 Å². The second-order valence-electron chi connectivity index (χ2n) is 7.28. The van der Waals surface area contributed by atoms with Gasteiger partial charge in [0.2, 0.25) is 0 Å². The van der Waals surface area contributed by atoms with Gasteiger partial charge >= 0.3 is 0 Å². The van der Waals surface area contributed by atoms with E-state index in [1.807, 2.05) is 43.3 Å². The number of aromatic nitrogens is 2. The number of hydrogen-bond donors (Lipinski definition) is 0. The maximum absolute atomic E-state index is 6.13. The summed E-state index contributed by atoms with van der Waals surface area (Å²) in [4.78, 5) is 4.83. The first-order valence-electron chi connectivity index (χ1n) is 10.6. The highest BCUT2D eigenvalue weighted by Crippen LogP contribution is 2.29. The van der Waals surface area contributed by atoms with Crippen LogP contribution in [0.15, 0.2) is 48.5 Å². The Morgan fingerprint density at radius 2 is 1.83 bits per heavy atom. The second kappa shape index (κ2) is 10.7. The van der Waals surface area contributed by atoms with Gasteiger partial charge < -0.3 is 14.0 Å². The molecule has 3 rings (SSSR count). The molecule has 0 aliphatic carbocycles. The minimum atomic E-state index is 0.420. The van der Waals surface area contributed by atoms with E-state index in [4.69, 9.17) is 14.5 Å². The van der Waals surface area contributed by atoms with Crippen LogP contribution in [0.25, 0.3) is 17.1 Å². The molecule has 0 bridgehead atoms. The third-order valence-corrected chi connectivity index (χ3v) is 5.12. The van der Waals surface area contributed by atoms with Gasteiger partial charge in [0.15, 0.2) is 11.5 Å². The Kier molecular flexibility index (Phi) is 7.74. The lowest BCUT2D eigenvalue weighted by Gasteiger charge is -2.13. The number of nitrogens with zero attached hydrogens (tertiary/aromatic N) is 2. The number of rotatable bonds is 11. The topological polar surface area (TPSA) is 36.3 Å². The Labute approximate surface area is 174 Å². The number of hydrogen-bond acceptors (Lipinski definition) is 3. The van der Waals surface area contributed by atoms with Crippen molar-refractivity contribution in [1.29, 1.82) is 0 Å². The molecule has 29 heavy (non-hydrogen) atoms. The fourth-order valence-corrected chi connectivity index (χ4v) is 3.60. The molecule has 0 fully saturated rings. The van der Waals surface area contributed by atoms with Crippen LogP contribution in [-0.4, -0.2) is 16.7 Å². The highest BCUT2D eigenvalue weighted by Gasteiger charge is 2.12. The molecular formula is C25H32N2O2. The lowest BCUT2D eigenvalue weighted by molar-refractivity contribution is 0.271. The number of imidazole rings is 1. The van der Waals surface area contributed by atoms with Crippen LogP contribution in [0.4, 0.5) is 0 Å². The number of allylic oxidation sites excluding steroid dienone is 1. The molecule has 0 unspecified atom stereocenters. The van der Waals surface area contributed by atoms with E-state index in [2.05, 4.69) is 29.7 Å². The monoisotopic (exact) mass is 392 g/mol. The second-order valence-corrected chi connectivity index (χ2v) is 7.28. The minimum absolute atomic E-state index is 0.420. The first kappa shape index (κ1) is 21.0. The largest absolute Gasteiger partial charge is 0.493 e. The van der Waals surface area contributed by atoms with Gasteiger partial charge in [-0.05, 0) is 43.2 Å². The van der Waals surface area contributed by atoms with Gasteiger partial charge in [-0.15, -0.1) is 0 Å².